The summed E-state index contributed by atoms with van der Waals surface area (Å²) in [7, 11) is 4.15. The minimum atomic E-state index is 0.0953. The van der Waals surface area contributed by atoms with E-state index in [1.807, 2.05) is 18.2 Å². The van der Waals surface area contributed by atoms with Crippen molar-refractivity contribution < 1.29 is 9.53 Å². The normalized spacial score (nSPS) is 17.9. The number of benzene rings is 1. The Bertz CT molecular complexity index is 485. The average Bonchev–Trinajstić information content (AvgIpc) is 2.43. The van der Waals surface area contributed by atoms with E-state index in [0.29, 0.717) is 0 Å². The number of hydrogen-bond donors (Lipinski definition) is 0. The number of ketones is 1. The van der Waals surface area contributed by atoms with Crippen LogP contribution in [0.4, 0.5) is 5.69 Å². The highest BCUT2D eigenvalue weighted by Crippen LogP contribution is 2.34. The van der Waals surface area contributed by atoms with Gasteiger partial charge in [0.1, 0.15) is 11.9 Å². The van der Waals surface area contributed by atoms with Crippen LogP contribution in [0.3, 0.4) is 0 Å². The van der Waals surface area contributed by atoms with E-state index in [4.69, 9.17) is 4.74 Å². The summed E-state index contributed by atoms with van der Waals surface area (Å²) in [6.45, 7) is 6.56. The maximum atomic E-state index is 11.6. The fourth-order valence-corrected chi connectivity index (χ4v) is 2.39. The number of hydrogen-bond acceptors (Lipinski definition) is 4. The number of nitrogens with zero attached hydrogens (tertiary/aromatic N) is 2. The smallest absolute Gasteiger partial charge is 0.159 e. The van der Waals surface area contributed by atoms with Crippen LogP contribution in [0.1, 0.15) is 30.6 Å². The summed E-state index contributed by atoms with van der Waals surface area (Å²) in [5.41, 5.74) is 1.79. The molecule has 0 saturated heterocycles. The van der Waals surface area contributed by atoms with E-state index in [-0.39, 0.29) is 11.9 Å². The van der Waals surface area contributed by atoms with Crippen LogP contribution in [0, 0.1) is 0 Å². The van der Waals surface area contributed by atoms with Crippen molar-refractivity contribution in [3.05, 3.63) is 23.8 Å². The van der Waals surface area contributed by atoms with Crippen LogP contribution in [0.25, 0.3) is 0 Å². The third kappa shape index (κ3) is 3.31. The van der Waals surface area contributed by atoms with Gasteiger partial charge in [0.15, 0.2) is 5.78 Å². The minimum Gasteiger partial charge on any atom is -0.486 e. The molecule has 110 valence electrons. The second kappa shape index (κ2) is 6.27. The van der Waals surface area contributed by atoms with Gasteiger partial charge in [0.2, 0.25) is 0 Å². The van der Waals surface area contributed by atoms with Gasteiger partial charge in [-0.2, -0.15) is 0 Å². The first-order valence-electron chi connectivity index (χ1n) is 7.22. The van der Waals surface area contributed by atoms with Crippen LogP contribution in [0.5, 0.6) is 5.75 Å². The largest absolute Gasteiger partial charge is 0.486 e. The second-order valence-corrected chi connectivity index (χ2v) is 5.64. The third-order valence-corrected chi connectivity index (χ3v) is 3.70. The van der Waals surface area contributed by atoms with Gasteiger partial charge < -0.3 is 14.5 Å². The molecule has 1 atom stereocenters. The van der Waals surface area contributed by atoms with E-state index in [2.05, 4.69) is 30.8 Å². The SMILES string of the molecule is CCC1CN(CCN(C)C)c2cc(C(C)=O)ccc2O1. The number of Topliss-reactive ketones (excluding diaryl/α,β-unsaturated/α-hetero) is 1. The summed E-state index contributed by atoms with van der Waals surface area (Å²) in [5, 5.41) is 0. The molecule has 4 heteroatoms. The van der Waals surface area contributed by atoms with E-state index >= 15 is 0 Å². The van der Waals surface area contributed by atoms with Crippen molar-refractivity contribution in [2.45, 2.75) is 26.4 Å². The molecule has 0 saturated carbocycles. The van der Waals surface area contributed by atoms with Crippen LogP contribution in [-0.4, -0.2) is 50.5 Å². The maximum Gasteiger partial charge on any atom is 0.159 e. The molecule has 0 N–H and O–H groups in total. The van der Waals surface area contributed by atoms with Gasteiger partial charge in [-0.05, 0) is 45.6 Å². The first-order chi connectivity index (χ1) is 9.51. The highest BCUT2D eigenvalue weighted by atomic mass is 16.5. The molecule has 0 spiro atoms. The number of carbonyl (C=O) groups excluding carboxylic acids is 1. The first-order valence-corrected chi connectivity index (χ1v) is 7.22. The van der Waals surface area contributed by atoms with E-state index in [1.54, 1.807) is 6.92 Å². The molecule has 0 aliphatic carbocycles. The summed E-state index contributed by atoms with van der Waals surface area (Å²) in [5.74, 6) is 0.991. The van der Waals surface area contributed by atoms with Crippen molar-refractivity contribution in [2.75, 3.05) is 38.6 Å². The van der Waals surface area contributed by atoms with E-state index < -0.39 is 0 Å². The number of rotatable bonds is 5. The van der Waals surface area contributed by atoms with Gasteiger partial charge in [-0.1, -0.05) is 6.92 Å². The Balaban J connectivity index is 2.28. The molecule has 1 heterocycles. The lowest BCUT2D eigenvalue weighted by Crippen LogP contribution is -2.42. The Kier molecular flexibility index (Phi) is 4.65. The van der Waals surface area contributed by atoms with Gasteiger partial charge in [0.05, 0.1) is 12.2 Å². The summed E-state index contributed by atoms with van der Waals surface area (Å²) in [6, 6.07) is 5.74. The van der Waals surface area contributed by atoms with Gasteiger partial charge in [-0.25, -0.2) is 0 Å². The van der Waals surface area contributed by atoms with Gasteiger partial charge in [0.25, 0.3) is 0 Å². The van der Waals surface area contributed by atoms with Crippen molar-refractivity contribution in [1.29, 1.82) is 0 Å². The highest BCUT2D eigenvalue weighted by molar-refractivity contribution is 5.95. The summed E-state index contributed by atoms with van der Waals surface area (Å²) in [6.07, 6.45) is 1.22. The summed E-state index contributed by atoms with van der Waals surface area (Å²) < 4.78 is 5.99. The topological polar surface area (TPSA) is 32.8 Å². The molecule has 1 aliphatic rings. The minimum absolute atomic E-state index is 0.0953. The molecule has 1 unspecified atom stereocenters. The highest BCUT2D eigenvalue weighted by Gasteiger charge is 2.25. The molecule has 0 radical (unpaired) electrons. The Labute approximate surface area is 121 Å². The fraction of sp³-hybridized carbons (Fsp3) is 0.562. The lowest BCUT2D eigenvalue weighted by Gasteiger charge is -2.36. The van der Waals surface area contributed by atoms with Crippen LogP contribution in [-0.2, 0) is 0 Å². The Morgan fingerprint density at radius 1 is 1.45 bits per heavy atom. The number of likely N-dealkylation sites (N-methyl/N-ethyl adjacent to an activating group) is 1. The monoisotopic (exact) mass is 276 g/mol. The summed E-state index contributed by atoms with van der Waals surface area (Å²) >= 11 is 0. The lowest BCUT2D eigenvalue weighted by atomic mass is 10.1. The molecule has 0 fully saturated rings. The quantitative estimate of drug-likeness (QED) is 0.773. The zero-order valence-corrected chi connectivity index (χ0v) is 12.8. The molecular formula is C16H24N2O2. The van der Waals surface area contributed by atoms with Crippen molar-refractivity contribution in [3.8, 4) is 5.75 Å². The van der Waals surface area contributed by atoms with Crippen LogP contribution >= 0.6 is 0 Å². The van der Waals surface area contributed by atoms with Crippen LogP contribution < -0.4 is 9.64 Å². The number of carbonyl (C=O) groups is 1. The molecule has 20 heavy (non-hydrogen) atoms. The fourth-order valence-electron chi connectivity index (χ4n) is 2.39. The number of ether oxygens (including phenoxy) is 1. The van der Waals surface area contributed by atoms with Crippen molar-refractivity contribution >= 4 is 11.5 Å². The van der Waals surface area contributed by atoms with E-state index in [9.17, 15) is 4.79 Å². The van der Waals surface area contributed by atoms with E-state index in [1.165, 1.54) is 0 Å². The predicted octanol–water partition coefficient (Wildman–Crippen LogP) is 2.43. The molecule has 0 amide bonds. The molecule has 2 rings (SSSR count). The Morgan fingerprint density at radius 3 is 2.80 bits per heavy atom. The van der Waals surface area contributed by atoms with Crippen molar-refractivity contribution in [3.63, 3.8) is 0 Å². The molecule has 4 nitrogen and oxygen atoms in total. The average molecular weight is 276 g/mol. The standard InChI is InChI=1S/C16H24N2O2/c1-5-14-11-18(9-8-17(3)4)15-10-13(12(2)19)6-7-16(15)20-14/h6-7,10,14H,5,8-9,11H2,1-4H3. The molecule has 1 aromatic carbocycles. The molecule has 0 aromatic heterocycles. The van der Waals surface area contributed by atoms with Gasteiger partial charge in [-0.3, -0.25) is 4.79 Å². The zero-order valence-electron chi connectivity index (χ0n) is 12.8. The first kappa shape index (κ1) is 14.9. The summed E-state index contributed by atoms with van der Waals surface area (Å²) in [4.78, 5) is 16.1. The van der Waals surface area contributed by atoms with Gasteiger partial charge >= 0.3 is 0 Å². The van der Waals surface area contributed by atoms with E-state index in [0.717, 1.165) is 43.1 Å². The van der Waals surface area contributed by atoms with Crippen molar-refractivity contribution in [1.82, 2.24) is 4.90 Å². The molecule has 1 aliphatic heterocycles. The van der Waals surface area contributed by atoms with Crippen LogP contribution in [0.2, 0.25) is 0 Å². The molecule has 0 bridgehead atoms. The maximum absolute atomic E-state index is 11.6. The van der Waals surface area contributed by atoms with Crippen LogP contribution in [0.15, 0.2) is 18.2 Å². The number of anilines is 1. The third-order valence-electron chi connectivity index (χ3n) is 3.70. The van der Waals surface area contributed by atoms with Gasteiger partial charge in [0, 0.05) is 18.7 Å². The Morgan fingerprint density at radius 2 is 2.20 bits per heavy atom. The molecular weight excluding hydrogens is 252 g/mol. The number of fused-ring (bicyclic) bond motifs is 1. The molecule has 1 aromatic rings. The van der Waals surface area contributed by atoms with Crippen molar-refractivity contribution in [2.24, 2.45) is 0 Å². The second-order valence-electron chi connectivity index (χ2n) is 5.64. The Hall–Kier alpha value is -1.55. The predicted molar refractivity (Wildman–Crippen MR) is 81.9 cm³/mol. The van der Waals surface area contributed by atoms with Gasteiger partial charge in [-0.15, -0.1) is 0 Å². The zero-order chi connectivity index (χ0) is 14.7. The lowest BCUT2D eigenvalue weighted by molar-refractivity contribution is 0.101.